The number of anilines is 1. The van der Waals surface area contributed by atoms with Crippen molar-refractivity contribution in [2.75, 3.05) is 38.2 Å². The standard InChI is InChI=1S/C20H26N4O/c1-15(2)11-17(24-7-9-25-10-8-24)14-22-20-12-16(13-21)23-19-6-4-3-5-18(19)20/h3-6,12,15,17H,7-11,14H2,1-2H3,(H,22,23). The Morgan fingerprint density at radius 2 is 2.04 bits per heavy atom. The highest BCUT2D eigenvalue weighted by atomic mass is 16.5. The molecule has 3 rings (SSSR count). The van der Waals surface area contributed by atoms with Crippen LogP contribution >= 0.6 is 0 Å². The monoisotopic (exact) mass is 338 g/mol. The van der Waals surface area contributed by atoms with Gasteiger partial charge in [0.05, 0.1) is 18.7 Å². The van der Waals surface area contributed by atoms with Gasteiger partial charge in [-0.1, -0.05) is 32.0 Å². The zero-order valence-corrected chi connectivity index (χ0v) is 15.0. The summed E-state index contributed by atoms with van der Waals surface area (Å²) in [6.07, 6.45) is 1.14. The predicted octanol–water partition coefficient (Wildman–Crippen LogP) is 3.27. The highest BCUT2D eigenvalue weighted by Gasteiger charge is 2.22. The van der Waals surface area contributed by atoms with Crippen LogP contribution in [0.3, 0.4) is 0 Å². The van der Waals surface area contributed by atoms with Crippen LogP contribution in [0.5, 0.6) is 0 Å². The Balaban J connectivity index is 1.80. The first-order chi connectivity index (χ1) is 12.2. The highest BCUT2D eigenvalue weighted by Crippen LogP contribution is 2.24. The fourth-order valence-corrected chi connectivity index (χ4v) is 3.45. The molecule has 0 radical (unpaired) electrons. The summed E-state index contributed by atoms with van der Waals surface area (Å²) in [5, 5.41) is 13.9. The molecule has 1 aliphatic heterocycles. The molecule has 5 heteroatoms. The average molecular weight is 338 g/mol. The van der Waals surface area contributed by atoms with Crippen molar-refractivity contribution in [2.45, 2.75) is 26.3 Å². The van der Waals surface area contributed by atoms with E-state index in [-0.39, 0.29) is 0 Å². The van der Waals surface area contributed by atoms with E-state index >= 15 is 0 Å². The number of fused-ring (bicyclic) bond motifs is 1. The van der Waals surface area contributed by atoms with Crippen molar-refractivity contribution in [1.82, 2.24) is 9.88 Å². The third kappa shape index (κ3) is 4.47. The molecular weight excluding hydrogens is 312 g/mol. The summed E-state index contributed by atoms with van der Waals surface area (Å²) in [4.78, 5) is 6.91. The second-order valence-electron chi connectivity index (χ2n) is 7.00. The van der Waals surface area contributed by atoms with E-state index in [9.17, 15) is 5.26 Å². The first-order valence-electron chi connectivity index (χ1n) is 9.03. The molecule has 0 saturated carbocycles. The van der Waals surface area contributed by atoms with Crippen LogP contribution < -0.4 is 5.32 Å². The number of pyridine rings is 1. The first kappa shape index (κ1) is 17.7. The zero-order valence-electron chi connectivity index (χ0n) is 15.0. The fourth-order valence-electron chi connectivity index (χ4n) is 3.45. The topological polar surface area (TPSA) is 61.2 Å². The molecule has 1 saturated heterocycles. The summed E-state index contributed by atoms with van der Waals surface area (Å²) >= 11 is 0. The molecule has 1 aliphatic rings. The molecule has 1 fully saturated rings. The van der Waals surface area contributed by atoms with Gasteiger partial charge in [0.1, 0.15) is 11.8 Å². The van der Waals surface area contributed by atoms with Crippen LogP contribution in [0.15, 0.2) is 30.3 Å². The molecule has 25 heavy (non-hydrogen) atoms. The molecule has 0 aliphatic carbocycles. The Morgan fingerprint density at radius 1 is 1.28 bits per heavy atom. The van der Waals surface area contributed by atoms with E-state index in [1.54, 1.807) is 0 Å². The van der Waals surface area contributed by atoms with Crippen LogP contribution in [-0.2, 0) is 4.74 Å². The Bertz CT molecular complexity index is 747. The quantitative estimate of drug-likeness (QED) is 0.876. The minimum Gasteiger partial charge on any atom is -0.383 e. The van der Waals surface area contributed by atoms with Crippen LogP contribution in [0, 0.1) is 17.2 Å². The first-order valence-corrected chi connectivity index (χ1v) is 9.03. The second kappa shape index (κ2) is 8.28. The lowest BCUT2D eigenvalue weighted by atomic mass is 10.0. The SMILES string of the molecule is CC(C)CC(CNc1cc(C#N)nc2ccccc12)N1CCOCC1. The van der Waals surface area contributed by atoms with Crippen LogP contribution in [0.1, 0.15) is 26.0 Å². The molecule has 1 N–H and O–H groups in total. The van der Waals surface area contributed by atoms with Crippen molar-refractivity contribution in [1.29, 1.82) is 5.26 Å². The normalized spacial score (nSPS) is 16.7. The zero-order chi connectivity index (χ0) is 17.6. The maximum Gasteiger partial charge on any atom is 0.143 e. The summed E-state index contributed by atoms with van der Waals surface area (Å²) in [6.45, 7) is 8.99. The van der Waals surface area contributed by atoms with Crippen molar-refractivity contribution in [3.05, 3.63) is 36.0 Å². The molecule has 2 aromatic rings. The number of nitrogens with zero attached hydrogens (tertiary/aromatic N) is 3. The van der Waals surface area contributed by atoms with Gasteiger partial charge in [-0.3, -0.25) is 4.90 Å². The Kier molecular flexibility index (Phi) is 5.85. The number of ether oxygens (including phenoxy) is 1. The van der Waals surface area contributed by atoms with E-state index in [1.165, 1.54) is 0 Å². The molecule has 1 atom stereocenters. The fraction of sp³-hybridized carbons (Fsp3) is 0.500. The number of hydrogen-bond acceptors (Lipinski definition) is 5. The third-order valence-electron chi connectivity index (χ3n) is 4.66. The minimum atomic E-state index is 0.452. The number of nitriles is 1. The summed E-state index contributed by atoms with van der Waals surface area (Å²) in [6, 6.07) is 12.4. The van der Waals surface area contributed by atoms with Gasteiger partial charge in [0, 0.05) is 36.7 Å². The molecule has 0 spiro atoms. The van der Waals surface area contributed by atoms with Gasteiger partial charge in [-0.25, -0.2) is 4.98 Å². The Hall–Kier alpha value is -2.16. The predicted molar refractivity (Wildman–Crippen MR) is 101 cm³/mol. The molecule has 2 heterocycles. The molecule has 0 amide bonds. The lowest BCUT2D eigenvalue weighted by molar-refractivity contribution is 0.0151. The molecule has 0 bridgehead atoms. The molecule has 132 valence electrons. The van der Waals surface area contributed by atoms with Gasteiger partial charge in [0.15, 0.2) is 0 Å². The minimum absolute atomic E-state index is 0.452. The van der Waals surface area contributed by atoms with Gasteiger partial charge in [0.25, 0.3) is 0 Å². The van der Waals surface area contributed by atoms with E-state index in [1.807, 2.05) is 24.3 Å². The summed E-state index contributed by atoms with van der Waals surface area (Å²) < 4.78 is 5.50. The highest BCUT2D eigenvalue weighted by molar-refractivity contribution is 5.91. The van der Waals surface area contributed by atoms with Gasteiger partial charge in [-0.15, -0.1) is 0 Å². The Labute approximate surface area is 149 Å². The van der Waals surface area contributed by atoms with Gasteiger partial charge in [-0.05, 0) is 24.5 Å². The lowest BCUT2D eigenvalue weighted by Crippen LogP contribution is -2.47. The number of hydrogen-bond donors (Lipinski definition) is 1. The summed E-state index contributed by atoms with van der Waals surface area (Å²) in [7, 11) is 0. The summed E-state index contributed by atoms with van der Waals surface area (Å²) in [5.74, 6) is 0.637. The smallest absolute Gasteiger partial charge is 0.143 e. The van der Waals surface area contributed by atoms with Crippen molar-refractivity contribution >= 4 is 16.6 Å². The van der Waals surface area contributed by atoms with Crippen LogP contribution in [0.2, 0.25) is 0 Å². The van der Waals surface area contributed by atoms with E-state index in [4.69, 9.17) is 4.74 Å². The molecule has 1 aromatic carbocycles. The van der Waals surface area contributed by atoms with E-state index < -0.39 is 0 Å². The van der Waals surface area contributed by atoms with Crippen molar-refractivity contribution in [3.8, 4) is 6.07 Å². The molecule has 1 unspecified atom stereocenters. The Morgan fingerprint density at radius 3 is 2.76 bits per heavy atom. The van der Waals surface area contributed by atoms with Crippen molar-refractivity contribution in [3.63, 3.8) is 0 Å². The van der Waals surface area contributed by atoms with Crippen molar-refractivity contribution in [2.24, 2.45) is 5.92 Å². The van der Waals surface area contributed by atoms with Crippen LogP contribution in [0.4, 0.5) is 5.69 Å². The number of morpholine rings is 1. The van der Waals surface area contributed by atoms with Crippen LogP contribution in [0.25, 0.3) is 10.9 Å². The summed E-state index contributed by atoms with van der Waals surface area (Å²) in [5.41, 5.74) is 2.30. The van der Waals surface area contributed by atoms with E-state index in [0.29, 0.717) is 17.7 Å². The molecular formula is C20H26N4O. The van der Waals surface area contributed by atoms with Crippen LogP contribution in [-0.4, -0.2) is 48.8 Å². The largest absolute Gasteiger partial charge is 0.383 e. The van der Waals surface area contributed by atoms with E-state index in [2.05, 4.69) is 41.2 Å². The van der Waals surface area contributed by atoms with Gasteiger partial charge < -0.3 is 10.1 Å². The number of benzene rings is 1. The van der Waals surface area contributed by atoms with E-state index in [0.717, 1.165) is 55.9 Å². The van der Waals surface area contributed by atoms with Gasteiger partial charge in [0.2, 0.25) is 0 Å². The maximum absolute atomic E-state index is 9.26. The second-order valence-corrected chi connectivity index (χ2v) is 7.00. The van der Waals surface area contributed by atoms with Gasteiger partial charge >= 0.3 is 0 Å². The lowest BCUT2D eigenvalue weighted by Gasteiger charge is -2.35. The average Bonchev–Trinajstić information content (AvgIpc) is 2.65. The maximum atomic E-state index is 9.26. The van der Waals surface area contributed by atoms with Crippen molar-refractivity contribution < 1.29 is 4.74 Å². The number of aromatic nitrogens is 1. The molecule has 5 nitrogen and oxygen atoms in total. The third-order valence-corrected chi connectivity index (χ3v) is 4.66. The number of para-hydroxylation sites is 1. The molecule has 1 aromatic heterocycles. The number of nitrogens with one attached hydrogen (secondary N) is 1. The number of rotatable bonds is 6. The van der Waals surface area contributed by atoms with Gasteiger partial charge in [-0.2, -0.15) is 5.26 Å².